The molecule has 0 atom stereocenters. The molecular weight excluding hydrogens is 563 g/mol. The summed E-state index contributed by atoms with van der Waals surface area (Å²) < 4.78 is 60.2. The number of carbonyl (C=O) groups excluding carboxylic acids is 1. The average Bonchev–Trinajstić information content (AvgIpc) is 3.19. The molecule has 198 valence electrons. The van der Waals surface area contributed by atoms with Crippen LogP contribution in [0, 0.1) is 11.6 Å². The van der Waals surface area contributed by atoms with Crippen LogP contribution in [0.4, 0.5) is 20.2 Å². The second-order valence-corrected chi connectivity index (χ2v) is 10.7. The van der Waals surface area contributed by atoms with E-state index >= 15 is 0 Å². The van der Waals surface area contributed by atoms with Gasteiger partial charge in [0.25, 0.3) is 5.91 Å². The number of anilines is 2. The van der Waals surface area contributed by atoms with Crippen LogP contribution in [0.1, 0.15) is 15.9 Å². The van der Waals surface area contributed by atoms with Gasteiger partial charge in [-0.15, -0.1) is 0 Å². The van der Waals surface area contributed by atoms with Crippen LogP contribution in [-0.2, 0) is 23.7 Å². The van der Waals surface area contributed by atoms with Crippen molar-refractivity contribution in [2.45, 2.75) is 6.61 Å². The van der Waals surface area contributed by atoms with Crippen molar-refractivity contribution in [3.8, 4) is 17.1 Å². The number of nitrogens with one attached hydrogen (secondary N) is 2. The van der Waals surface area contributed by atoms with E-state index < -0.39 is 27.6 Å². The number of benzene rings is 1. The normalized spacial score (nSPS) is 11.3. The van der Waals surface area contributed by atoms with Gasteiger partial charge in [0.2, 0.25) is 10.0 Å². The van der Waals surface area contributed by atoms with Crippen molar-refractivity contribution in [2.24, 2.45) is 7.05 Å². The molecule has 38 heavy (non-hydrogen) atoms. The molecule has 1 aromatic carbocycles. The van der Waals surface area contributed by atoms with Gasteiger partial charge in [-0.1, -0.05) is 23.2 Å². The average molecular weight is 582 g/mol. The minimum Gasteiger partial charge on any atom is -0.486 e. The van der Waals surface area contributed by atoms with Crippen molar-refractivity contribution in [1.82, 2.24) is 14.5 Å². The van der Waals surface area contributed by atoms with Crippen LogP contribution >= 0.6 is 23.2 Å². The van der Waals surface area contributed by atoms with E-state index in [1.54, 1.807) is 11.6 Å². The van der Waals surface area contributed by atoms with Crippen LogP contribution < -0.4 is 14.8 Å². The molecule has 0 aliphatic rings. The van der Waals surface area contributed by atoms with E-state index in [0.29, 0.717) is 5.69 Å². The molecule has 0 bridgehead atoms. The molecular formula is C24H19Cl2F2N5O4S. The van der Waals surface area contributed by atoms with E-state index in [2.05, 4.69) is 20.0 Å². The number of ether oxygens (including phenoxy) is 1. The fourth-order valence-corrected chi connectivity index (χ4v) is 4.45. The summed E-state index contributed by atoms with van der Waals surface area (Å²) in [5, 5.41) is 2.89. The zero-order chi connectivity index (χ0) is 27.6. The summed E-state index contributed by atoms with van der Waals surface area (Å²) >= 11 is 12.1. The van der Waals surface area contributed by atoms with Gasteiger partial charge < -0.3 is 14.6 Å². The Balaban J connectivity index is 1.59. The second kappa shape index (κ2) is 10.9. The third kappa shape index (κ3) is 6.77. The number of hydrogen-bond donors (Lipinski definition) is 2. The van der Waals surface area contributed by atoms with Crippen LogP contribution in [0.25, 0.3) is 11.4 Å². The third-order valence-corrected chi connectivity index (χ3v) is 6.21. The molecule has 3 aromatic heterocycles. The molecule has 2 N–H and O–H groups in total. The highest BCUT2D eigenvalue weighted by molar-refractivity contribution is 7.92. The van der Waals surface area contributed by atoms with Crippen LogP contribution in [0.2, 0.25) is 10.2 Å². The SMILES string of the molecule is Cn1cc(C(=O)Nc2cc(Cl)cc(NS(C)(=O)=O)c2)cc1-c1ncc(F)cc1OCc1cc(F)cnc1Cl. The number of nitrogens with zero attached hydrogens (tertiary/aromatic N) is 3. The Kier molecular flexibility index (Phi) is 7.86. The smallest absolute Gasteiger partial charge is 0.257 e. The van der Waals surface area contributed by atoms with Gasteiger partial charge in [-0.25, -0.2) is 27.2 Å². The summed E-state index contributed by atoms with van der Waals surface area (Å²) in [6.45, 7) is -0.210. The van der Waals surface area contributed by atoms with Gasteiger partial charge in [0.15, 0.2) is 5.75 Å². The Morgan fingerprint density at radius 3 is 2.45 bits per heavy atom. The molecule has 0 radical (unpaired) electrons. The Hall–Kier alpha value is -3.74. The molecule has 3 heterocycles. The van der Waals surface area contributed by atoms with Crippen LogP contribution in [0.3, 0.4) is 0 Å². The standard InChI is InChI=1S/C24H19Cl2F2N5O4S/c1-33-11-13(24(34)31-18-5-15(25)6-19(8-18)32-38(2,35)36)4-20(33)22-21(7-17(28)9-29-22)37-12-14-3-16(27)10-30-23(14)26/h3-11,32H,12H2,1-2H3,(H,31,34). The van der Waals surface area contributed by atoms with E-state index in [-0.39, 0.29) is 50.7 Å². The molecule has 0 saturated heterocycles. The molecule has 0 fully saturated rings. The van der Waals surface area contributed by atoms with Gasteiger partial charge in [-0.05, 0) is 30.3 Å². The van der Waals surface area contributed by atoms with E-state index in [9.17, 15) is 22.0 Å². The second-order valence-electron chi connectivity index (χ2n) is 8.17. The van der Waals surface area contributed by atoms with Gasteiger partial charge >= 0.3 is 0 Å². The lowest BCUT2D eigenvalue weighted by molar-refractivity contribution is 0.102. The van der Waals surface area contributed by atoms with Crippen molar-refractivity contribution in [3.05, 3.63) is 87.9 Å². The number of hydrogen-bond acceptors (Lipinski definition) is 6. The summed E-state index contributed by atoms with van der Waals surface area (Å²) in [6, 6.07) is 8.04. The fourth-order valence-electron chi connectivity index (χ4n) is 3.51. The summed E-state index contributed by atoms with van der Waals surface area (Å²) in [6.07, 6.45) is 4.47. The lowest BCUT2D eigenvalue weighted by Gasteiger charge is -2.12. The van der Waals surface area contributed by atoms with Gasteiger partial charge in [-0.3, -0.25) is 9.52 Å². The number of pyridine rings is 2. The molecule has 14 heteroatoms. The van der Waals surface area contributed by atoms with Crippen molar-refractivity contribution in [1.29, 1.82) is 0 Å². The van der Waals surface area contributed by atoms with Gasteiger partial charge in [0.05, 0.1) is 35.6 Å². The molecule has 9 nitrogen and oxygen atoms in total. The minimum absolute atomic E-state index is 0.0322. The van der Waals surface area contributed by atoms with Gasteiger partial charge in [0.1, 0.15) is 29.1 Å². The Morgan fingerprint density at radius 1 is 1.03 bits per heavy atom. The maximum absolute atomic E-state index is 14.0. The van der Waals surface area contributed by atoms with Crippen molar-refractivity contribution < 1.29 is 26.7 Å². The molecule has 4 aromatic rings. The summed E-state index contributed by atoms with van der Waals surface area (Å²) in [5.74, 6) is -1.77. The quantitative estimate of drug-likeness (QED) is 0.274. The number of rotatable bonds is 8. The topological polar surface area (TPSA) is 115 Å². The molecule has 4 rings (SSSR count). The van der Waals surface area contributed by atoms with Crippen LogP contribution in [0.5, 0.6) is 5.75 Å². The Labute approximate surface area is 226 Å². The number of amides is 1. The number of aryl methyl sites for hydroxylation is 1. The molecule has 0 unspecified atom stereocenters. The van der Waals surface area contributed by atoms with Crippen molar-refractivity contribution in [3.63, 3.8) is 0 Å². The lowest BCUT2D eigenvalue weighted by atomic mass is 10.2. The van der Waals surface area contributed by atoms with Gasteiger partial charge in [0, 0.05) is 35.6 Å². The van der Waals surface area contributed by atoms with E-state index in [0.717, 1.165) is 30.8 Å². The lowest BCUT2D eigenvalue weighted by Crippen LogP contribution is -2.13. The monoisotopic (exact) mass is 581 g/mol. The highest BCUT2D eigenvalue weighted by Crippen LogP contribution is 2.31. The number of aromatic nitrogens is 3. The molecule has 0 saturated carbocycles. The first-order chi connectivity index (χ1) is 17.9. The maximum atomic E-state index is 14.0. The van der Waals surface area contributed by atoms with Crippen molar-refractivity contribution >= 4 is 50.5 Å². The summed E-state index contributed by atoms with van der Waals surface area (Å²) in [7, 11) is -1.90. The van der Waals surface area contributed by atoms with Crippen LogP contribution in [0.15, 0.2) is 55.0 Å². The maximum Gasteiger partial charge on any atom is 0.257 e. The molecule has 0 aliphatic carbocycles. The number of halogens is 4. The van der Waals surface area contributed by atoms with Crippen LogP contribution in [-0.4, -0.2) is 35.1 Å². The molecule has 0 aliphatic heterocycles. The predicted octanol–water partition coefficient (Wildman–Crippen LogP) is 5.27. The highest BCUT2D eigenvalue weighted by Gasteiger charge is 2.18. The summed E-state index contributed by atoms with van der Waals surface area (Å²) in [5.41, 5.74) is 1.53. The number of carbonyl (C=O) groups is 1. The first kappa shape index (κ1) is 27.3. The van der Waals surface area contributed by atoms with E-state index in [1.807, 2.05) is 0 Å². The molecule has 1 amide bonds. The van der Waals surface area contributed by atoms with E-state index in [4.69, 9.17) is 27.9 Å². The Morgan fingerprint density at radius 2 is 1.71 bits per heavy atom. The minimum atomic E-state index is -3.56. The fraction of sp³-hybridized carbons (Fsp3) is 0.125. The summed E-state index contributed by atoms with van der Waals surface area (Å²) in [4.78, 5) is 20.8. The van der Waals surface area contributed by atoms with Gasteiger partial charge in [-0.2, -0.15) is 0 Å². The van der Waals surface area contributed by atoms with Crippen molar-refractivity contribution in [2.75, 3.05) is 16.3 Å². The zero-order valence-corrected chi connectivity index (χ0v) is 22.1. The molecule has 0 spiro atoms. The Bertz CT molecular complexity index is 1650. The van der Waals surface area contributed by atoms with E-state index in [1.165, 1.54) is 30.5 Å². The third-order valence-electron chi connectivity index (χ3n) is 5.05. The first-order valence-corrected chi connectivity index (χ1v) is 13.4. The first-order valence-electron chi connectivity index (χ1n) is 10.7. The highest BCUT2D eigenvalue weighted by atomic mass is 35.5. The zero-order valence-electron chi connectivity index (χ0n) is 19.8. The largest absolute Gasteiger partial charge is 0.486 e. The number of sulfonamides is 1. The predicted molar refractivity (Wildman–Crippen MR) is 140 cm³/mol.